The molecule has 5 heteroatoms. The predicted octanol–water partition coefficient (Wildman–Crippen LogP) is 2.84. The Bertz CT molecular complexity index is 433. The Kier molecular flexibility index (Phi) is 4.42. The van der Waals surface area contributed by atoms with E-state index in [1.54, 1.807) is 33.0 Å². The average molecular weight is 276 g/mol. The van der Waals surface area contributed by atoms with E-state index in [4.69, 9.17) is 23.2 Å². The fraction of sp³-hybridized carbons (Fsp3) is 0.417. The van der Waals surface area contributed by atoms with Gasteiger partial charge >= 0.3 is 0 Å². The van der Waals surface area contributed by atoms with Crippen molar-refractivity contribution in [2.75, 3.05) is 13.7 Å². The normalized spacial score (nSPS) is 11.4. The SMILES string of the molecule is CN(C(=O)c1ccc(Cl)c(Cl)c1)C(C)(C)CO. The van der Waals surface area contributed by atoms with Gasteiger partial charge in [0.1, 0.15) is 0 Å². The molecule has 0 aliphatic carbocycles. The first kappa shape index (κ1) is 14.3. The maximum absolute atomic E-state index is 12.1. The average Bonchev–Trinajstić information content (AvgIpc) is 2.30. The van der Waals surface area contributed by atoms with Crippen LogP contribution in [0.2, 0.25) is 10.0 Å². The molecule has 1 aromatic carbocycles. The molecule has 0 bridgehead atoms. The van der Waals surface area contributed by atoms with E-state index in [1.165, 1.54) is 11.0 Å². The van der Waals surface area contributed by atoms with Crippen molar-refractivity contribution in [1.29, 1.82) is 0 Å². The predicted molar refractivity (Wildman–Crippen MR) is 69.7 cm³/mol. The summed E-state index contributed by atoms with van der Waals surface area (Å²) in [5, 5.41) is 9.97. The number of aliphatic hydroxyl groups excluding tert-OH is 1. The van der Waals surface area contributed by atoms with E-state index in [2.05, 4.69) is 0 Å². The molecule has 0 atom stereocenters. The molecule has 1 amide bonds. The van der Waals surface area contributed by atoms with Crippen LogP contribution in [0.25, 0.3) is 0 Å². The third-order valence-electron chi connectivity index (χ3n) is 2.77. The number of carbonyl (C=O) groups is 1. The van der Waals surface area contributed by atoms with Crippen LogP contribution in [0.5, 0.6) is 0 Å². The van der Waals surface area contributed by atoms with E-state index in [0.717, 1.165) is 0 Å². The van der Waals surface area contributed by atoms with Gasteiger partial charge in [-0.1, -0.05) is 23.2 Å². The summed E-state index contributed by atoms with van der Waals surface area (Å²) in [6.45, 7) is 3.45. The molecule has 0 radical (unpaired) electrons. The van der Waals surface area contributed by atoms with Crippen LogP contribution in [-0.2, 0) is 0 Å². The Morgan fingerprint density at radius 3 is 2.41 bits per heavy atom. The second-order valence-corrected chi connectivity index (χ2v) is 5.28. The van der Waals surface area contributed by atoms with Crippen LogP contribution in [0.4, 0.5) is 0 Å². The lowest BCUT2D eigenvalue weighted by atomic mass is 10.0. The van der Waals surface area contributed by atoms with Gasteiger partial charge in [0.05, 0.1) is 22.2 Å². The molecular formula is C12H15Cl2NO2. The number of amides is 1. The van der Waals surface area contributed by atoms with Gasteiger partial charge in [-0.2, -0.15) is 0 Å². The van der Waals surface area contributed by atoms with Gasteiger partial charge < -0.3 is 10.0 Å². The van der Waals surface area contributed by atoms with Crippen LogP contribution in [0.3, 0.4) is 0 Å². The fourth-order valence-corrected chi connectivity index (χ4v) is 1.50. The van der Waals surface area contributed by atoms with Crippen molar-refractivity contribution in [3.8, 4) is 0 Å². The smallest absolute Gasteiger partial charge is 0.254 e. The van der Waals surface area contributed by atoms with Crippen molar-refractivity contribution < 1.29 is 9.90 Å². The molecule has 1 rings (SSSR count). The van der Waals surface area contributed by atoms with Crippen LogP contribution >= 0.6 is 23.2 Å². The van der Waals surface area contributed by atoms with Crippen molar-refractivity contribution in [3.05, 3.63) is 33.8 Å². The zero-order valence-electron chi connectivity index (χ0n) is 10.00. The lowest BCUT2D eigenvalue weighted by Gasteiger charge is -2.34. The molecule has 1 N–H and O–H groups in total. The van der Waals surface area contributed by atoms with Gasteiger partial charge in [-0.15, -0.1) is 0 Å². The first-order chi connectivity index (χ1) is 7.79. The number of likely N-dealkylation sites (N-methyl/N-ethyl adjacent to an activating group) is 1. The minimum absolute atomic E-state index is 0.115. The van der Waals surface area contributed by atoms with Crippen LogP contribution in [0.1, 0.15) is 24.2 Å². The second-order valence-electron chi connectivity index (χ2n) is 4.46. The van der Waals surface area contributed by atoms with Crippen LogP contribution in [0, 0.1) is 0 Å². The Labute approximate surface area is 111 Å². The van der Waals surface area contributed by atoms with Gasteiger partial charge in [-0.3, -0.25) is 4.79 Å². The standard InChI is InChI=1S/C12H15Cl2NO2/c1-12(2,7-16)15(3)11(17)8-4-5-9(13)10(14)6-8/h4-6,16H,7H2,1-3H3. The summed E-state index contributed by atoms with van der Waals surface area (Å²) in [4.78, 5) is 13.6. The minimum atomic E-state index is -0.622. The highest BCUT2D eigenvalue weighted by Gasteiger charge is 2.27. The third kappa shape index (κ3) is 3.12. The molecule has 0 saturated carbocycles. The molecule has 0 aliphatic heterocycles. The first-order valence-electron chi connectivity index (χ1n) is 5.13. The molecule has 0 heterocycles. The maximum Gasteiger partial charge on any atom is 0.254 e. The fourth-order valence-electron chi connectivity index (χ4n) is 1.20. The molecule has 3 nitrogen and oxygen atoms in total. The van der Waals surface area contributed by atoms with Crippen LogP contribution in [0.15, 0.2) is 18.2 Å². The van der Waals surface area contributed by atoms with Gasteiger partial charge in [0.15, 0.2) is 0 Å². The molecule has 0 aromatic heterocycles. The highest BCUT2D eigenvalue weighted by molar-refractivity contribution is 6.42. The quantitative estimate of drug-likeness (QED) is 0.922. The van der Waals surface area contributed by atoms with Crippen molar-refractivity contribution in [1.82, 2.24) is 4.90 Å². The van der Waals surface area contributed by atoms with E-state index in [0.29, 0.717) is 15.6 Å². The van der Waals surface area contributed by atoms with E-state index in [-0.39, 0.29) is 12.5 Å². The lowest BCUT2D eigenvalue weighted by molar-refractivity contribution is 0.0473. The Morgan fingerprint density at radius 2 is 1.94 bits per heavy atom. The lowest BCUT2D eigenvalue weighted by Crippen LogP contribution is -2.47. The number of aliphatic hydroxyl groups is 1. The number of rotatable bonds is 3. The maximum atomic E-state index is 12.1. The molecule has 0 saturated heterocycles. The number of nitrogens with zero attached hydrogens (tertiary/aromatic N) is 1. The van der Waals surface area contributed by atoms with Crippen molar-refractivity contribution in [3.63, 3.8) is 0 Å². The summed E-state index contributed by atoms with van der Waals surface area (Å²) in [7, 11) is 1.64. The molecule has 94 valence electrons. The Hall–Kier alpha value is -0.770. The van der Waals surface area contributed by atoms with E-state index in [1.807, 2.05) is 0 Å². The highest BCUT2D eigenvalue weighted by Crippen LogP contribution is 2.24. The summed E-state index contributed by atoms with van der Waals surface area (Å²) < 4.78 is 0. The summed E-state index contributed by atoms with van der Waals surface area (Å²) >= 11 is 11.6. The Morgan fingerprint density at radius 1 is 1.35 bits per heavy atom. The number of halogens is 2. The van der Waals surface area contributed by atoms with E-state index in [9.17, 15) is 9.90 Å². The van der Waals surface area contributed by atoms with Gasteiger partial charge in [0.2, 0.25) is 0 Å². The monoisotopic (exact) mass is 275 g/mol. The molecule has 0 fully saturated rings. The van der Waals surface area contributed by atoms with Gasteiger partial charge in [-0.25, -0.2) is 0 Å². The minimum Gasteiger partial charge on any atom is -0.394 e. The molecule has 1 aromatic rings. The summed E-state index contributed by atoms with van der Waals surface area (Å²) in [5.74, 6) is -0.206. The zero-order chi connectivity index (χ0) is 13.2. The Balaban J connectivity index is 3.01. The van der Waals surface area contributed by atoms with E-state index < -0.39 is 5.54 Å². The van der Waals surface area contributed by atoms with Crippen LogP contribution < -0.4 is 0 Å². The zero-order valence-corrected chi connectivity index (χ0v) is 11.5. The molecule has 0 unspecified atom stereocenters. The summed E-state index contributed by atoms with van der Waals surface area (Å²) in [6.07, 6.45) is 0. The van der Waals surface area contributed by atoms with E-state index >= 15 is 0 Å². The third-order valence-corrected chi connectivity index (χ3v) is 3.51. The largest absolute Gasteiger partial charge is 0.394 e. The summed E-state index contributed by atoms with van der Waals surface area (Å²) in [6, 6.07) is 4.72. The van der Waals surface area contributed by atoms with Gasteiger partial charge in [0.25, 0.3) is 5.91 Å². The van der Waals surface area contributed by atoms with Gasteiger partial charge in [-0.05, 0) is 32.0 Å². The first-order valence-corrected chi connectivity index (χ1v) is 5.89. The number of hydrogen-bond donors (Lipinski definition) is 1. The second kappa shape index (κ2) is 5.25. The van der Waals surface area contributed by atoms with Crippen molar-refractivity contribution >= 4 is 29.1 Å². The molecule has 17 heavy (non-hydrogen) atoms. The molecule has 0 spiro atoms. The number of carbonyl (C=O) groups excluding carboxylic acids is 1. The molecule has 0 aliphatic rings. The van der Waals surface area contributed by atoms with Crippen LogP contribution in [-0.4, -0.2) is 35.1 Å². The van der Waals surface area contributed by atoms with Crippen molar-refractivity contribution in [2.24, 2.45) is 0 Å². The topological polar surface area (TPSA) is 40.5 Å². The molecular weight excluding hydrogens is 261 g/mol. The highest BCUT2D eigenvalue weighted by atomic mass is 35.5. The number of benzene rings is 1. The van der Waals surface area contributed by atoms with Crippen molar-refractivity contribution in [2.45, 2.75) is 19.4 Å². The number of hydrogen-bond acceptors (Lipinski definition) is 2. The van der Waals surface area contributed by atoms with Gasteiger partial charge in [0, 0.05) is 12.6 Å². The summed E-state index contributed by atoms with van der Waals surface area (Å²) in [5.41, 5.74) is -0.174.